The van der Waals surface area contributed by atoms with E-state index < -0.39 is 23.5 Å². The van der Waals surface area contributed by atoms with Crippen molar-refractivity contribution in [3.63, 3.8) is 0 Å². The predicted octanol–water partition coefficient (Wildman–Crippen LogP) is 6.53. The van der Waals surface area contributed by atoms with Crippen molar-refractivity contribution in [3.05, 3.63) is 78.5 Å². The number of urea groups is 1. The Morgan fingerprint density at radius 3 is 2.29 bits per heavy atom. The van der Waals surface area contributed by atoms with E-state index in [9.17, 15) is 18.0 Å². The number of rotatable bonds is 6. The van der Waals surface area contributed by atoms with Crippen molar-refractivity contribution < 1.29 is 32.2 Å². The number of halogens is 3. The lowest BCUT2D eigenvalue weighted by molar-refractivity contribution is -0.137. The molecule has 0 spiro atoms. The van der Waals surface area contributed by atoms with Gasteiger partial charge in [0.25, 0.3) is 0 Å². The standard InChI is InChI=1S/C25H19F3N3O4/c1-33-22-13-17-20(14-23(22)34-2)29-12-11-21(17)35-16-9-7-15(8-10-16)30-24(32)31-19-6-4-3-5-18(19)25(26,27)28/h3-14H,1-2H3,(H,30,32). The van der Waals surface area contributed by atoms with Gasteiger partial charge in [0.2, 0.25) is 0 Å². The molecule has 1 N–H and O–H groups in total. The molecule has 0 aliphatic heterocycles. The quantitative estimate of drug-likeness (QED) is 0.338. The number of anilines is 1. The number of benzene rings is 3. The average molecular weight is 482 g/mol. The molecular weight excluding hydrogens is 463 g/mol. The summed E-state index contributed by atoms with van der Waals surface area (Å²) < 4.78 is 55.9. The Morgan fingerprint density at radius 2 is 1.60 bits per heavy atom. The molecule has 0 aliphatic rings. The summed E-state index contributed by atoms with van der Waals surface area (Å²) in [7, 11) is 3.06. The Labute approximate surface area is 198 Å². The van der Waals surface area contributed by atoms with Crippen LogP contribution in [0.2, 0.25) is 0 Å². The largest absolute Gasteiger partial charge is 0.493 e. The van der Waals surface area contributed by atoms with Gasteiger partial charge in [0.05, 0.1) is 31.0 Å². The molecule has 4 rings (SSSR count). The van der Waals surface area contributed by atoms with Crippen LogP contribution in [-0.2, 0) is 6.18 Å². The molecule has 0 unspecified atom stereocenters. The summed E-state index contributed by atoms with van der Waals surface area (Å²) in [6.45, 7) is 0. The zero-order valence-electron chi connectivity index (χ0n) is 18.6. The first-order valence-corrected chi connectivity index (χ1v) is 10.3. The minimum atomic E-state index is -4.62. The van der Waals surface area contributed by atoms with E-state index in [1.165, 1.54) is 26.4 Å². The minimum absolute atomic E-state index is 0.335. The molecule has 0 aliphatic carbocycles. The van der Waals surface area contributed by atoms with Crippen LogP contribution in [0.4, 0.5) is 29.3 Å². The van der Waals surface area contributed by atoms with Gasteiger partial charge in [-0.1, -0.05) is 12.1 Å². The third kappa shape index (κ3) is 5.37. The van der Waals surface area contributed by atoms with Crippen LogP contribution in [0.5, 0.6) is 23.0 Å². The molecule has 3 aromatic carbocycles. The van der Waals surface area contributed by atoms with Gasteiger partial charge in [0.15, 0.2) is 11.5 Å². The first-order chi connectivity index (χ1) is 16.8. The molecule has 1 heterocycles. The fraction of sp³-hybridized carbons (Fsp3) is 0.120. The van der Waals surface area contributed by atoms with E-state index in [1.807, 2.05) is 0 Å². The fourth-order valence-corrected chi connectivity index (χ4v) is 3.34. The van der Waals surface area contributed by atoms with E-state index in [-0.39, 0.29) is 0 Å². The molecular formula is C25H19F3N3O4. The number of amides is 2. The van der Waals surface area contributed by atoms with E-state index in [2.05, 4.69) is 15.6 Å². The zero-order chi connectivity index (χ0) is 25.0. The minimum Gasteiger partial charge on any atom is -0.493 e. The molecule has 1 aromatic heterocycles. The number of nitrogens with zero attached hydrogens (tertiary/aromatic N) is 2. The molecule has 1 radical (unpaired) electrons. The van der Waals surface area contributed by atoms with Gasteiger partial charge in [0, 0.05) is 23.3 Å². The van der Waals surface area contributed by atoms with Crippen LogP contribution < -0.4 is 24.8 Å². The molecule has 0 fully saturated rings. The predicted molar refractivity (Wildman–Crippen MR) is 124 cm³/mol. The van der Waals surface area contributed by atoms with E-state index in [0.717, 1.165) is 12.1 Å². The highest BCUT2D eigenvalue weighted by atomic mass is 19.4. The second-order valence-corrected chi connectivity index (χ2v) is 7.22. The van der Waals surface area contributed by atoms with Gasteiger partial charge in [0.1, 0.15) is 11.5 Å². The summed E-state index contributed by atoms with van der Waals surface area (Å²) in [5.74, 6) is 2.04. The molecule has 2 amide bonds. The number of para-hydroxylation sites is 1. The second-order valence-electron chi connectivity index (χ2n) is 7.22. The topological polar surface area (TPSA) is 83.8 Å². The Hall–Kier alpha value is -4.47. The Kier molecular flexibility index (Phi) is 6.63. The van der Waals surface area contributed by atoms with Crippen LogP contribution in [0, 0.1) is 0 Å². The van der Waals surface area contributed by atoms with E-state index in [0.29, 0.717) is 39.6 Å². The number of ether oxygens (including phenoxy) is 3. The lowest BCUT2D eigenvalue weighted by atomic mass is 10.1. The van der Waals surface area contributed by atoms with Gasteiger partial charge in [-0.3, -0.25) is 4.98 Å². The van der Waals surface area contributed by atoms with Crippen molar-refractivity contribution in [2.45, 2.75) is 6.18 Å². The molecule has 35 heavy (non-hydrogen) atoms. The summed E-state index contributed by atoms with van der Waals surface area (Å²) in [5, 5.41) is 6.69. The maximum atomic E-state index is 13.1. The molecule has 4 aromatic rings. The number of alkyl halides is 3. The maximum Gasteiger partial charge on any atom is 0.418 e. The third-order valence-electron chi connectivity index (χ3n) is 4.97. The lowest BCUT2D eigenvalue weighted by Gasteiger charge is -2.13. The molecule has 7 nitrogen and oxygen atoms in total. The van der Waals surface area contributed by atoms with Crippen LogP contribution in [0.1, 0.15) is 5.56 Å². The van der Waals surface area contributed by atoms with Gasteiger partial charge >= 0.3 is 12.2 Å². The highest BCUT2D eigenvalue weighted by molar-refractivity contribution is 5.92. The highest BCUT2D eigenvalue weighted by Gasteiger charge is 2.34. The number of aromatic nitrogens is 1. The molecule has 179 valence electrons. The summed E-state index contributed by atoms with van der Waals surface area (Å²) in [4.78, 5) is 16.5. The van der Waals surface area contributed by atoms with Crippen LogP contribution >= 0.6 is 0 Å². The number of carbonyl (C=O) groups is 1. The summed E-state index contributed by atoms with van der Waals surface area (Å²) in [5.41, 5.74) is -0.474. The first kappa shape index (κ1) is 23.7. The van der Waals surface area contributed by atoms with Gasteiger partial charge in [-0.15, -0.1) is 0 Å². The van der Waals surface area contributed by atoms with E-state index >= 15 is 0 Å². The number of hydrogen-bond donors (Lipinski definition) is 1. The van der Waals surface area contributed by atoms with Crippen molar-refractivity contribution in [1.82, 2.24) is 10.3 Å². The number of nitrogens with one attached hydrogen (secondary N) is 1. The number of pyridine rings is 1. The first-order valence-electron chi connectivity index (χ1n) is 10.3. The summed E-state index contributed by atoms with van der Waals surface area (Å²) >= 11 is 0. The monoisotopic (exact) mass is 482 g/mol. The number of methoxy groups -OCH3 is 2. The van der Waals surface area contributed by atoms with Crippen molar-refractivity contribution in [3.8, 4) is 23.0 Å². The van der Waals surface area contributed by atoms with Gasteiger partial charge in [-0.05, 0) is 48.5 Å². The van der Waals surface area contributed by atoms with Gasteiger partial charge in [-0.2, -0.15) is 18.5 Å². The number of hydrogen-bond acceptors (Lipinski definition) is 5. The zero-order valence-corrected chi connectivity index (χ0v) is 18.6. The van der Waals surface area contributed by atoms with Crippen LogP contribution in [0.3, 0.4) is 0 Å². The Bertz CT molecular complexity index is 1360. The lowest BCUT2D eigenvalue weighted by Crippen LogP contribution is -2.21. The third-order valence-corrected chi connectivity index (χ3v) is 4.97. The molecule has 0 saturated heterocycles. The molecule has 0 atom stereocenters. The average Bonchev–Trinajstić information content (AvgIpc) is 2.84. The second kappa shape index (κ2) is 9.80. The van der Waals surface area contributed by atoms with Crippen molar-refractivity contribution >= 4 is 28.3 Å². The normalized spacial score (nSPS) is 11.1. The Morgan fingerprint density at radius 1 is 0.914 bits per heavy atom. The maximum absolute atomic E-state index is 13.1. The molecule has 10 heteroatoms. The molecule has 0 saturated carbocycles. The SMILES string of the molecule is COc1cc2nccc(Oc3ccc(NC(=O)[N]c4ccccc4C(F)(F)F)cc3)c2cc1OC. The number of fused-ring (bicyclic) bond motifs is 1. The fourth-order valence-electron chi connectivity index (χ4n) is 3.34. The van der Waals surface area contributed by atoms with Crippen LogP contribution in [0.25, 0.3) is 10.9 Å². The Balaban J connectivity index is 1.48. The van der Waals surface area contributed by atoms with Gasteiger partial charge < -0.3 is 19.5 Å². The highest BCUT2D eigenvalue weighted by Crippen LogP contribution is 2.37. The van der Waals surface area contributed by atoms with E-state index in [4.69, 9.17) is 14.2 Å². The smallest absolute Gasteiger partial charge is 0.418 e. The number of carbonyl (C=O) groups excluding carboxylic acids is 1. The van der Waals surface area contributed by atoms with Crippen LogP contribution in [-0.4, -0.2) is 25.2 Å². The van der Waals surface area contributed by atoms with Crippen molar-refractivity contribution in [2.24, 2.45) is 0 Å². The van der Waals surface area contributed by atoms with Gasteiger partial charge in [-0.25, -0.2) is 4.79 Å². The van der Waals surface area contributed by atoms with Crippen molar-refractivity contribution in [1.29, 1.82) is 0 Å². The van der Waals surface area contributed by atoms with E-state index in [1.54, 1.807) is 48.7 Å². The molecule has 0 bridgehead atoms. The van der Waals surface area contributed by atoms with Crippen molar-refractivity contribution in [2.75, 3.05) is 19.5 Å². The summed E-state index contributed by atoms with van der Waals surface area (Å²) in [6, 6.07) is 15.2. The van der Waals surface area contributed by atoms with Crippen LogP contribution in [0.15, 0.2) is 72.9 Å². The summed E-state index contributed by atoms with van der Waals surface area (Å²) in [6.07, 6.45) is -3.02.